The van der Waals surface area contributed by atoms with Crippen molar-refractivity contribution in [3.8, 4) is 0 Å². The van der Waals surface area contributed by atoms with E-state index in [4.69, 9.17) is 0 Å². The number of nitrogens with zero attached hydrogens (tertiary/aromatic N) is 2. The highest BCUT2D eigenvalue weighted by Gasteiger charge is 2.16. The van der Waals surface area contributed by atoms with Gasteiger partial charge in [0.15, 0.2) is 0 Å². The van der Waals surface area contributed by atoms with Gasteiger partial charge in [-0.1, -0.05) is 18.2 Å². The third-order valence-corrected chi connectivity index (χ3v) is 3.26. The summed E-state index contributed by atoms with van der Waals surface area (Å²) in [6.45, 7) is 0. The van der Waals surface area contributed by atoms with Crippen LogP contribution in [-0.2, 0) is 0 Å². The molecule has 0 N–H and O–H groups in total. The molecule has 3 rings (SSSR count). The highest BCUT2D eigenvalue weighted by molar-refractivity contribution is 8.02. The van der Waals surface area contributed by atoms with Crippen molar-refractivity contribution in [3.63, 3.8) is 0 Å². The molecular weight excluding hydrogens is 204 g/mol. The van der Waals surface area contributed by atoms with Crippen molar-refractivity contribution < 1.29 is 0 Å². The summed E-state index contributed by atoms with van der Waals surface area (Å²) >= 11 is 1.80. The van der Waals surface area contributed by atoms with Crippen molar-refractivity contribution in [2.24, 2.45) is 4.99 Å². The molecule has 0 atom stereocenters. The Morgan fingerprint density at radius 2 is 2.20 bits per heavy atom. The maximum absolute atomic E-state index is 4.32. The average molecular weight is 214 g/mol. The Hall–Kier alpha value is -1.48. The Morgan fingerprint density at radius 1 is 1.27 bits per heavy atom. The van der Waals surface area contributed by atoms with E-state index in [9.17, 15) is 0 Å². The van der Waals surface area contributed by atoms with Crippen molar-refractivity contribution in [1.29, 1.82) is 0 Å². The summed E-state index contributed by atoms with van der Waals surface area (Å²) in [6, 6.07) is 8.31. The second kappa shape index (κ2) is 3.59. The molecule has 15 heavy (non-hydrogen) atoms. The van der Waals surface area contributed by atoms with Crippen LogP contribution in [0.4, 0.5) is 5.69 Å². The van der Waals surface area contributed by atoms with Crippen molar-refractivity contribution >= 4 is 23.7 Å². The third-order valence-electron chi connectivity index (χ3n) is 2.48. The summed E-state index contributed by atoms with van der Waals surface area (Å²) in [5.41, 5.74) is 3.62. The zero-order valence-electron chi connectivity index (χ0n) is 8.13. The molecule has 0 saturated carbocycles. The zero-order valence-corrected chi connectivity index (χ0v) is 8.95. The van der Waals surface area contributed by atoms with Gasteiger partial charge >= 0.3 is 0 Å². The molecule has 0 amide bonds. The maximum atomic E-state index is 4.32. The minimum absolute atomic E-state index is 0.988. The van der Waals surface area contributed by atoms with Crippen LogP contribution in [0.5, 0.6) is 0 Å². The van der Waals surface area contributed by atoms with Gasteiger partial charge in [0.05, 0.1) is 11.4 Å². The first-order valence-electron chi connectivity index (χ1n) is 4.84. The van der Waals surface area contributed by atoms with E-state index in [0.29, 0.717) is 0 Å². The molecule has 0 aliphatic carbocycles. The summed E-state index contributed by atoms with van der Waals surface area (Å²) in [4.78, 5) is 6.53. The van der Waals surface area contributed by atoms with Gasteiger partial charge in [-0.3, -0.25) is 4.99 Å². The molecule has 3 heteroatoms. The van der Waals surface area contributed by atoms with Gasteiger partial charge in [-0.15, -0.1) is 11.8 Å². The molecule has 2 aliphatic heterocycles. The fraction of sp³-hybridized carbons (Fsp3) is 0.0833. The quantitative estimate of drug-likeness (QED) is 0.659. The average Bonchev–Trinajstić information content (AvgIpc) is 2.48. The van der Waals surface area contributed by atoms with E-state index in [1.54, 1.807) is 11.8 Å². The van der Waals surface area contributed by atoms with E-state index in [2.05, 4.69) is 39.7 Å². The number of aliphatic imine (C=N–C) groups is 1. The van der Waals surface area contributed by atoms with Gasteiger partial charge in [-0.25, -0.2) is 0 Å². The first-order chi connectivity index (χ1) is 7.45. The number of hydrogen-bond acceptors (Lipinski definition) is 3. The standard InChI is InChI=1S/C12H10N2S/c1-2-4-12-10(3-1)7-13-8-11-9-15-6-5-14(11)12/h1-8H,9H2. The molecule has 0 spiro atoms. The lowest BCUT2D eigenvalue weighted by molar-refractivity contribution is 1.14. The summed E-state index contributed by atoms with van der Waals surface area (Å²) < 4.78 is 0. The number of anilines is 1. The van der Waals surface area contributed by atoms with E-state index in [0.717, 1.165) is 5.75 Å². The molecule has 1 aromatic carbocycles. The van der Waals surface area contributed by atoms with Gasteiger partial charge in [0, 0.05) is 29.9 Å². The Morgan fingerprint density at radius 3 is 3.20 bits per heavy atom. The van der Waals surface area contributed by atoms with Crippen LogP contribution in [-0.4, -0.2) is 12.0 Å². The first kappa shape index (κ1) is 8.80. The second-order valence-corrected chi connectivity index (χ2v) is 4.32. The van der Waals surface area contributed by atoms with Crippen LogP contribution in [0.1, 0.15) is 5.56 Å². The lowest BCUT2D eigenvalue weighted by Crippen LogP contribution is -2.19. The summed E-state index contributed by atoms with van der Waals surface area (Å²) in [7, 11) is 0. The smallest absolute Gasteiger partial charge is 0.0541 e. The Bertz CT molecular complexity index is 474. The van der Waals surface area contributed by atoms with Gasteiger partial charge in [0.2, 0.25) is 0 Å². The molecule has 0 unspecified atom stereocenters. The van der Waals surface area contributed by atoms with Crippen LogP contribution in [0.2, 0.25) is 0 Å². The zero-order chi connectivity index (χ0) is 10.1. The monoisotopic (exact) mass is 214 g/mol. The molecule has 74 valence electrons. The molecule has 2 nitrogen and oxygen atoms in total. The SMILES string of the molecule is C1=CN2C(=CN=Cc3ccccc32)CS1. The highest BCUT2D eigenvalue weighted by atomic mass is 32.2. The van der Waals surface area contributed by atoms with Crippen molar-refractivity contribution in [2.75, 3.05) is 10.7 Å². The largest absolute Gasteiger partial charge is 0.317 e. The van der Waals surface area contributed by atoms with Crippen LogP contribution in [0, 0.1) is 0 Å². The van der Waals surface area contributed by atoms with Gasteiger partial charge in [-0.05, 0) is 11.5 Å². The summed E-state index contributed by atoms with van der Waals surface area (Å²) in [5.74, 6) is 0.988. The van der Waals surface area contributed by atoms with Crippen LogP contribution < -0.4 is 4.90 Å². The fourth-order valence-electron chi connectivity index (χ4n) is 1.76. The number of rotatable bonds is 0. The molecule has 0 fully saturated rings. The number of benzene rings is 1. The van der Waals surface area contributed by atoms with E-state index >= 15 is 0 Å². The molecular formula is C12H10N2S. The Balaban J connectivity index is 2.18. The predicted molar refractivity (Wildman–Crippen MR) is 66.2 cm³/mol. The van der Waals surface area contributed by atoms with Gasteiger partial charge in [0.25, 0.3) is 0 Å². The third kappa shape index (κ3) is 1.49. The summed E-state index contributed by atoms with van der Waals surface area (Å²) in [5, 5.41) is 2.12. The lowest BCUT2D eigenvalue weighted by Gasteiger charge is -2.26. The molecule has 2 aliphatic rings. The Labute approximate surface area is 93.0 Å². The molecule has 1 aromatic rings. The van der Waals surface area contributed by atoms with Crippen molar-refractivity contribution in [1.82, 2.24) is 0 Å². The van der Waals surface area contributed by atoms with Crippen molar-refractivity contribution in [2.45, 2.75) is 0 Å². The van der Waals surface area contributed by atoms with Crippen LogP contribution >= 0.6 is 11.8 Å². The predicted octanol–water partition coefficient (Wildman–Crippen LogP) is 2.98. The Kier molecular flexibility index (Phi) is 2.10. The van der Waals surface area contributed by atoms with Gasteiger partial charge in [0.1, 0.15) is 0 Å². The molecule has 0 aromatic heterocycles. The molecule has 2 heterocycles. The molecule has 0 saturated heterocycles. The maximum Gasteiger partial charge on any atom is 0.0541 e. The first-order valence-corrected chi connectivity index (χ1v) is 5.89. The van der Waals surface area contributed by atoms with E-state index in [1.165, 1.54) is 16.9 Å². The normalized spacial score (nSPS) is 17.9. The fourth-order valence-corrected chi connectivity index (χ4v) is 2.45. The molecule has 0 bridgehead atoms. The number of fused-ring (bicyclic) bond motifs is 3. The number of hydrogen-bond donors (Lipinski definition) is 0. The van der Waals surface area contributed by atoms with Gasteiger partial charge < -0.3 is 4.90 Å². The van der Waals surface area contributed by atoms with E-state index in [1.807, 2.05) is 18.5 Å². The van der Waals surface area contributed by atoms with Crippen LogP contribution in [0.15, 0.2) is 52.8 Å². The van der Waals surface area contributed by atoms with E-state index in [-0.39, 0.29) is 0 Å². The minimum Gasteiger partial charge on any atom is -0.317 e. The van der Waals surface area contributed by atoms with Gasteiger partial charge in [-0.2, -0.15) is 0 Å². The lowest BCUT2D eigenvalue weighted by atomic mass is 10.2. The van der Waals surface area contributed by atoms with E-state index < -0.39 is 0 Å². The summed E-state index contributed by atoms with van der Waals surface area (Å²) in [6.07, 6.45) is 5.96. The topological polar surface area (TPSA) is 15.6 Å². The number of thioether (sulfide) groups is 1. The van der Waals surface area contributed by atoms with Crippen LogP contribution in [0.3, 0.4) is 0 Å². The highest BCUT2D eigenvalue weighted by Crippen LogP contribution is 2.30. The number of para-hydroxylation sites is 1. The van der Waals surface area contributed by atoms with Crippen LogP contribution in [0.25, 0.3) is 0 Å². The second-order valence-electron chi connectivity index (χ2n) is 3.42. The molecule has 0 radical (unpaired) electrons. The van der Waals surface area contributed by atoms with Crippen molar-refractivity contribution in [3.05, 3.63) is 53.3 Å². The minimum atomic E-state index is 0.988.